The van der Waals surface area contributed by atoms with Crippen LogP contribution in [0.25, 0.3) is 22.5 Å². The summed E-state index contributed by atoms with van der Waals surface area (Å²) < 4.78 is 56.9. The van der Waals surface area contributed by atoms with Crippen LogP contribution in [0.5, 0.6) is 0 Å². The quantitative estimate of drug-likeness (QED) is 0.308. The Bertz CT molecular complexity index is 1580. The average molecular weight is 518 g/mol. The molecule has 0 aliphatic carbocycles. The van der Waals surface area contributed by atoms with E-state index in [2.05, 4.69) is 15.2 Å². The number of pyridine rings is 1. The number of aromatic amines is 1. The fourth-order valence-electron chi connectivity index (χ4n) is 4.30. The summed E-state index contributed by atoms with van der Waals surface area (Å²) in [5.41, 5.74) is -0.654. The fraction of sp³-hybridized carbons (Fsp3) is 0.167. The average Bonchev–Trinajstić information content (AvgIpc) is 3.40. The highest BCUT2D eigenvalue weighted by atomic mass is 35.5. The lowest BCUT2D eigenvalue weighted by molar-refractivity contribution is -0.138. The predicted molar refractivity (Wildman–Crippen MR) is 124 cm³/mol. The Morgan fingerprint density at radius 2 is 1.83 bits per heavy atom. The van der Waals surface area contributed by atoms with Crippen LogP contribution in [-0.2, 0) is 25.6 Å². The molecule has 0 saturated carbocycles. The summed E-state index contributed by atoms with van der Waals surface area (Å²) in [5, 5.41) is 7.81. The molecule has 4 aromatic rings. The van der Waals surface area contributed by atoms with Crippen LogP contribution in [0.3, 0.4) is 0 Å². The molecule has 0 bridgehead atoms. The smallest absolute Gasteiger partial charge is 0.317 e. The van der Waals surface area contributed by atoms with Crippen LogP contribution in [-0.4, -0.2) is 25.7 Å². The Labute approximate surface area is 206 Å². The van der Waals surface area contributed by atoms with Crippen molar-refractivity contribution < 1.29 is 22.4 Å². The third kappa shape index (κ3) is 4.05. The number of hydrogen-bond donors (Lipinski definition) is 1. The Morgan fingerprint density at radius 1 is 1.06 bits per heavy atom. The summed E-state index contributed by atoms with van der Waals surface area (Å²) in [6.07, 6.45) is -3.27. The third-order valence-corrected chi connectivity index (χ3v) is 6.24. The maximum absolute atomic E-state index is 14.1. The van der Waals surface area contributed by atoms with Crippen molar-refractivity contribution in [1.82, 2.24) is 19.7 Å². The number of anilines is 1. The van der Waals surface area contributed by atoms with Gasteiger partial charge in [-0.05, 0) is 52.6 Å². The van der Waals surface area contributed by atoms with Gasteiger partial charge in [0, 0.05) is 30.1 Å². The molecule has 0 unspecified atom stereocenters. The second kappa shape index (κ2) is 8.59. The molecule has 0 atom stereocenters. The van der Waals surface area contributed by atoms with Gasteiger partial charge < -0.3 is 9.55 Å². The van der Waals surface area contributed by atoms with E-state index < -0.39 is 35.6 Å². The topological polar surface area (TPSA) is 83.9 Å². The van der Waals surface area contributed by atoms with Gasteiger partial charge in [0.25, 0.3) is 5.91 Å². The Kier molecular flexibility index (Phi) is 5.67. The van der Waals surface area contributed by atoms with E-state index >= 15 is 0 Å². The molecule has 7 nitrogen and oxygen atoms in total. The number of nitrogens with zero attached hydrogens (tertiary/aromatic N) is 4. The molecular weight excluding hydrogens is 502 g/mol. The lowest BCUT2D eigenvalue weighted by atomic mass is 9.99. The summed E-state index contributed by atoms with van der Waals surface area (Å²) in [6, 6.07) is 8.84. The summed E-state index contributed by atoms with van der Waals surface area (Å²) >= 11 is 5.76. The van der Waals surface area contributed by atoms with Crippen LogP contribution in [0.2, 0.25) is 0 Å². The first-order valence-electron chi connectivity index (χ1n) is 10.6. The number of benzene rings is 2. The molecule has 0 fully saturated rings. The molecule has 1 aliphatic heterocycles. The van der Waals surface area contributed by atoms with Gasteiger partial charge in [-0.2, -0.15) is 13.2 Å². The summed E-state index contributed by atoms with van der Waals surface area (Å²) in [7, 11) is 1.67. The summed E-state index contributed by atoms with van der Waals surface area (Å²) in [5.74, 6) is -1.12. The Balaban J connectivity index is 1.63. The second-order valence-corrected chi connectivity index (χ2v) is 8.53. The van der Waals surface area contributed by atoms with Gasteiger partial charge in [-0.25, -0.2) is 4.39 Å². The first-order valence-corrected chi connectivity index (χ1v) is 11.1. The molecule has 0 saturated heterocycles. The van der Waals surface area contributed by atoms with Crippen LogP contribution < -0.4 is 10.5 Å². The lowest BCUT2D eigenvalue weighted by Crippen LogP contribution is -2.26. The Morgan fingerprint density at radius 3 is 2.50 bits per heavy atom. The van der Waals surface area contributed by atoms with Gasteiger partial charge in [-0.3, -0.25) is 14.5 Å². The number of carbonyl (C=O) groups excluding carboxylic acids is 1. The van der Waals surface area contributed by atoms with Crippen molar-refractivity contribution in [2.24, 2.45) is 7.05 Å². The van der Waals surface area contributed by atoms with E-state index in [4.69, 9.17) is 11.6 Å². The highest BCUT2D eigenvalue weighted by Crippen LogP contribution is 2.40. The molecule has 1 amide bonds. The number of aryl methyl sites for hydroxylation is 1. The molecule has 0 spiro atoms. The van der Waals surface area contributed by atoms with Crippen molar-refractivity contribution in [3.05, 3.63) is 87.2 Å². The van der Waals surface area contributed by atoms with Crippen molar-refractivity contribution in [2.45, 2.75) is 18.6 Å². The number of hydrogen-bond acceptors (Lipinski definition) is 4. The summed E-state index contributed by atoms with van der Waals surface area (Å²) in [4.78, 5) is 29.3. The minimum absolute atomic E-state index is 0.00696. The monoisotopic (exact) mass is 517 g/mol. The van der Waals surface area contributed by atoms with Crippen molar-refractivity contribution in [3.8, 4) is 22.5 Å². The first-order chi connectivity index (χ1) is 17.1. The molecule has 5 rings (SSSR count). The normalized spacial score (nSPS) is 13.4. The highest BCUT2D eigenvalue weighted by Gasteiger charge is 2.40. The number of halogens is 5. The van der Waals surface area contributed by atoms with E-state index in [9.17, 15) is 27.2 Å². The zero-order chi connectivity index (χ0) is 25.8. The molecule has 36 heavy (non-hydrogen) atoms. The predicted octanol–water partition coefficient (Wildman–Crippen LogP) is 4.89. The molecule has 1 N–H and O–H groups in total. The van der Waals surface area contributed by atoms with E-state index in [0.717, 1.165) is 11.0 Å². The van der Waals surface area contributed by atoms with Crippen molar-refractivity contribution in [3.63, 3.8) is 0 Å². The lowest BCUT2D eigenvalue weighted by Gasteiger charge is -2.17. The van der Waals surface area contributed by atoms with Gasteiger partial charge >= 0.3 is 6.18 Å². The number of nitrogens with one attached hydrogen (secondary N) is 1. The maximum Gasteiger partial charge on any atom is 0.416 e. The Hall–Kier alpha value is -3.99. The molecule has 2 aromatic carbocycles. The molecule has 1 aliphatic rings. The van der Waals surface area contributed by atoms with Gasteiger partial charge in [-0.1, -0.05) is 6.07 Å². The zero-order valence-corrected chi connectivity index (χ0v) is 19.3. The number of rotatable bonds is 4. The van der Waals surface area contributed by atoms with Crippen LogP contribution >= 0.6 is 11.6 Å². The second-order valence-electron chi connectivity index (χ2n) is 8.27. The molecule has 12 heteroatoms. The standard InChI is InChI=1S/C24H16ClF4N5O2/c1-33-11-30-32-22(33)16-8-14(26)2-3-15(16)13-6-20(31-21(35)7-13)34-10-18-17(23(34)36)4-12(9-25)5-19(18)24(27,28)29/h2-8,11H,9-10H2,1H3,(H,31,35). The van der Waals surface area contributed by atoms with E-state index in [1.807, 2.05) is 0 Å². The van der Waals surface area contributed by atoms with Crippen LogP contribution in [0.4, 0.5) is 23.4 Å². The number of fused-ring (bicyclic) bond motifs is 1. The SMILES string of the molecule is Cn1cnnc1-c1cc(F)ccc1-c1cc(N2Cc3c(cc(CCl)cc3C(F)(F)F)C2=O)[nH]c(=O)c1. The third-order valence-electron chi connectivity index (χ3n) is 5.93. The largest absolute Gasteiger partial charge is 0.416 e. The molecule has 0 radical (unpaired) electrons. The number of H-pyrrole nitrogens is 1. The minimum Gasteiger partial charge on any atom is -0.317 e. The number of aromatic nitrogens is 4. The van der Waals surface area contributed by atoms with E-state index in [1.165, 1.54) is 42.7 Å². The van der Waals surface area contributed by atoms with Gasteiger partial charge in [0.2, 0.25) is 5.56 Å². The number of amides is 1. The van der Waals surface area contributed by atoms with Crippen LogP contribution in [0.15, 0.2) is 53.6 Å². The van der Waals surface area contributed by atoms with Crippen molar-refractivity contribution in [1.29, 1.82) is 0 Å². The number of carbonyl (C=O) groups is 1. The van der Waals surface area contributed by atoms with E-state index in [1.54, 1.807) is 11.6 Å². The van der Waals surface area contributed by atoms with Crippen molar-refractivity contribution >= 4 is 23.3 Å². The van der Waals surface area contributed by atoms with Crippen LogP contribution in [0, 0.1) is 5.82 Å². The van der Waals surface area contributed by atoms with Gasteiger partial charge in [0.1, 0.15) is 18.0 Å². The molecule has 2 aromatic heterocycles. The van der Waals surface area contributed by atoms with E-state index in [-0.39, 0.29) is 28.4 Å². The van der Waals surface area contributed by atoms with Crippen molar-refractivity contribution in [2.75, 3.05) is 4.90 Å². The number of alkyl halides is 4. The fourth-order valence-corrected chi connectivity index (χ4v) is 4.46. The highest BCUT2D eigenvalue weighted by molar-refractivity contribution is 6.17. The summed E-state index contributed by atoms with van der Waals surface area (Å²) in [6.45, 7) is -0.398. The van der Waals surface area contributed by atoms with Crippen LogP contribution in [0.1, 0.15) is 27.0 Å². The van der Waals surface area contributed by atoms with Gasteiger partial charge in [-0.15, -0.1) is 21.8 Å². The molecular formula is C24H16ClF4N5O2. The minimum atomic E-state index is -4.70. The van der Waals surface area contributed by atoms with Gasteiger partial charge in [0.05, 0.1) is 12.1 Å². The molecule has 184 valence electrons. The first kappa shape index (κ1) is 23.7. The van der Waals surface area contributed by atoms with Gasteiger partial charge in [0.15, 0.2) is 5.82 Å². The zero-order valence-electron chi connectivity index (χ0n) is 18.5. The molecule has 3 heterocycles. The maximum atomic E-state index is 14.1. The van der Waals surface area contributed by atoms with E-state index in [0.29, 0.717) is 22.5 Å².